The molecule has 1 N–H and O–H groups in total. The first-order valence-corrected chi connectivity index (χ1v) is 9.97. The van der Waals surface area contributed by atoms with Crippen LogP contribution in [0.5, 0.6) is 0 Å². The number of sulfone groups is 1. The molecule has 1 unspecified atom stereocenters. The molecule has 1 atom stereocenters. The van der Waals surface area contributed by atoms with Crippen molar-refractivity contribution in [2.45, 2.75) is 28.5 Å². The fourth-order valence-electron chi connectivity index (χ4n) is 2.10. The number of alkyl halides is 2. The van der Waals surface area contributed by atoms with E-state index in [9.17, 15) is 30.0 Å². The van der Waals surface area contributed by atoms with E-state index in [0.29, 0.717) is 0 Å². The zero-order valence-electron chi connectivity index (χ0n) is 12.9. The van der Waals surface area contributed by atoms with Crippen LogP contribution in [0, 0.1) is 5.82 Å². The molecule has 0 spiro atoms. The van der Waals surface area contributed by atoms with E-state index >= 15 is 0 Å². The summed E-state index contributed by atoms with van der Waals surface area (Å²) >= 11 is 0. The average Bonchev–Trinajstić information content (AvgIpc) is 2.54. The van der Waals surface area contributed by atoms with E-state index in [2.05, 4.69) is 4.72 Å². The number of benzene rings is 2. The molecule has 2 aromatic carbocycles. The summed E-state index contributed by atoms with van der Waals surface area (Å²) in [6.07, 6.45) is 0. The Labute approximate surface area is 143 Å². The van der Waals surface area contributed by atoms with Crippen molar-refractivity contribution in [3.05, 3.63) is 59.9 Å². The third-order valence-corrected chi connectivity index (χ3v) is 6.36. The first kappa shape index (κ1) is 19.4. The van der Waals surface area contributed by atoms with E-state index in [4.69, 9.17) is 0 Å². The summed E-state index contributed by atoms with van der Waals surface area (Å²) in [5.41, 5.74) is 0.128. The lowest BCUT2D eigenvalue weighted by molar-refractivity contribution is 0.234. The van der Waals surface area contributed by atoms with E-state index < -0.39 is 42.4 Å². The van der Waals surface area contributed by atoms with Crippen LogP contribution in [0.3, 0.4) is 0 Å². The molecule has 0 fully saturated rings. The van der Waals surface area contributed by atoms with Gasteiger partial charge in [0.25, 0.3) is 0 Å². The molecule has 0 bridgehead atoms. The molecule has 0 aliphatic heterocycles. The highest BCUT2D eigenvalue weighted by Gasteiger charge is 2.27. The smallest absolute Gasteiger partial charge is 0.218 e. The predicted octanol–water partition coefficient (Wildman–Crippen LogP) is 2.86. The maximum atomic E-state index is 13.7. The molecule has 25 heavy (non-hydrogen) atoms. The van der Waals surface area contributed by atoms with Gasteiger partial charge in [-0.3, -0.25) is 0 Å². The highest BCUT2D eigenvalue weighted by Crippen LogP contribution is 2.22. The third-order valence-electron chi connectivity index (χ3n) is 3.40. The second-order valence-corrected chi connectivity index (χ2v) is 8.77. The second-order valence-electron chi connectivity index (χ2n) is 5.14. The Balaban J connectivity index is 2.27. The molecule has 0 heterocycles. The Morgan fingerprint density at radius 3 is 1.92 bits per heavy atom. The molecule has 2 aromatic rings. The summed E-state index contributed by atoms with van der Waals surface area (Å²) < 4.78 is 88.2. The average molecular weight is 393 g/mol. The molecule has 0 saturated heterocycles. The minimum atomic E-state index is -4.81. The summed E-state index contributed by atoms with van der Waals surface area (Å²) in [5.74, 6) is -4.19. The van der Waals surface area contributed by atoms with Gasteiger partial charge in [-0.15, -0.1) is 0 Å². The number of sulfonamides is 1. The van der Waals surface area contributed by atoms with Crippen LogP contribution in [0.2, 0.25) is 0 Å². The third kappa shape index (κ3) is 4.20. The summed E-state index contributed by atoms with van der Waals surface area (Å²) in [5, 5.41) is 0. The van der Waals surface area contributed by atoms with Gasteiger partial charge >= 0.3 is 5.76 Å². The summed E-state index contributed by atoms with van der Waals surface area (Å²) in [6, 6.07) is 8.07. The minimum Gasteiger partial charge on any atom is -0.218 e. The van der Waals surface area contributed by atoms with Crippen molar-refractivity contribution in [1.82, 2.24) is 4.72 Å². The van der Waals surface area contributed by atoms with Crippen LogP contribution in [0.15, 0.2) is 58.3 Å². The van der Waals surface area contributed by atoms with Crippen LogP contribution in [-0.2, 0) is 19.9 Å². The Hall–Kier alpha value is -1.91. The molecular weight excluding hydrogens is 379 g/mol. The zero-order valence-corrected chi connectivity index (χ0v) is 14.5. The summed E-state index contributed by atoms with van der Waals surface area (Å²) in [4.78, 5) is -1.02. The van der Waals surface area contributed by atoms with Crippen molar-refractivity contribution < 1.29 is 30.0 Å². The standard InChI is InChI=1S/C15H14F3NO4S2/c1-10(13-4-2-3-5-14(13)16)19-25(22,23)12-8-6-11(7-9-12)24(20,21)15(17)18/h2-10,15,19H,1H3. The van der Waals surface area contributed by atoms with Crippen LogP contribution in [0.4, 0.5) is 13.2 Å². The predicted molar refractivity (Wildman–Crippen MR) is 84.8 cm³/mol. The van der Waals surface area contributed by atoms with Gasteiger partial charge in [0, 0.05) is 11.6 Å². The van der Waals surface area contributed by atoms with Crippen LogP contribution in [0.25, 0.3) is 0 Å². The number of hydrogen-bond acceptors (Lipinski definition) is 4. The van der Waals surface area contributed by atoms with Crippen LogP contribution in [-0.4, -0.2) is 22.6 Å². The number of hydrogen-bond donors (Lipinski definition) is 1. The van der Waals surface area contributed by atoms with E-state index in [1.807, 2.05) is 0 Å². The molecule has 0 radical (unpaired) electrons. The highest BCUT2D eigenvalue weighted by molar-refractivity contribution is 7.91. The molecular formula is C15H14F3NO4S2. The van der Waals surface area contributed by atoms with Gasteiger partial charge in [-0.05, 0) is 37.3 Å². The lowest BCUT2D eigenvalue weighted by Gasteiger charge is -2.15. The van der Waals surface area contributed by atoms with Gasteiger partial charge in [-0.1, -0.05) is 18.2 Å². The van der Waals surface area contributed by atoms with Gasteiger partial charge < -0.3 is 0 Å². The lowest BCUT2D eigenvalue weighted by atomic mass is 10.1. The second kappa shape index (κ2) is 7.14. The molecule has 136 valence electrons. The maximum Gasteiger partial charge on any atom is 0.341 e. The topological polar surface area (TPSA) is 80.3 Å². The van der Waals surface area contributed by atoms with Crippen LogP contribution in [0.1, 0.15) is 18.5 Å². The Kier molecular flexibility index (Phi) is 5.55. The van der Waals surface area contributed by atoms with Gasteiger partial charge in [0.05, 0.1) is 9.79 Å². The SMILES string of the molecule is CC(NS(=O)(=O)c1ccc(S(=O)(=O)C(F)F)cc1)c1ccccc1F. The Bertz CT molecular complexity index is 959. The highest BCUT2D eigenvalue weighted by atomic mass is 32.2. The summed E-state index contributed by atoms with van der Waals surface area (Å²) in [7, 11) is -8.91. The Morgan fingerprint density at radius 1 is 0.880 bits per heavy atom. The van der Waals surface area contributed by atoms with Gasteiger partial charge in [-0.25, -0.2) is 25.9 Å². The van der Waals surface area contributed by atoms with Gasteiger partial charge in [0.1, 0.15) is 5.82 Å². The van der Waals surface area contributed by atoms with E-state index in [-0.39, 0.29) is 10.5 Å². The van der Waals surface area contributed by atoms with Crippen LogP contribution < -0.4 is 4.72 Å². The fourth-order valence-corrected chi connectivity index (χ4v) is 4.05. The van der Waals surface area contributed by atoms with Crippen molar-refractivity contribution in [2.24, 2.45) is 0 Å². The normalized spacial score (nSPS) is 13.8. The largest absolute Gasteiger partial charge is 0.341 e. The zero-order chi connectivity index (χ0) is 18.8. The molecule has 0 saturated carbocycles. The molecule has 0 aromatic heterocycles. The van der Waals surface area contributed by atoms with Gasteiger partial charge in [0.15, 0.2) is 0 Å². The molecule has 5 nitrogen and oxygen atoms in total. The lowest BCUT2D eigenvalue weighted by Crippen LogP contribution is -2.27. The van der Waals surface area contributed by atoms with Crippen molar-refractivity contribution in [2.75, 3.05) is 0 Å². The van der Waals surface area contributed by atoms with Crippen molar-refractivity contribution >= 4 is 19.9 Å². The van der Waals surface area contributed by atoms with Crippen LogP contribution >= 0.6 is 0 Å². The van der Waals surface area contributed by atoms with E-state index in [1.54, 1.807) is 6.07 Å². The van der Waals surface area contributed by atoms with E-state index in [0.717, 1.165) is 24.3 Å². The Morgan fingerprint density at radius 2 is 1.40 bits per heavy atom. The number of halogens is 3. The summed E-state index contributed by atoms with van der Waals surface area (Å²) in [6.45, 7) is 1.44. The molecule has 0 aliphatic rings. The number of rotatable bonds is 6. The fraction of sp³-hybridized carbons (Fsp3) is 0.200. The minimum absolute atomic E-state index is 0.128. The first-order valence-electron chi connectivity index (χ1n) is 6.94. The molecule has 10 heteroatoms. The first-order chi connectivity index (χ1) is 11.6. The molecule has 0 amide bonds. The van der Waals surface area contributed by atoms with E-state index in [1.165, 1.54) is 25.1 Å². The number of nitrogens with one attached hydrogen (secondary N) is 1. The van der Waals surface area contributed by atoms with Gasteiger partial charge in [-0.2, -0.15) is 8.78 Å². The molecule has 0 aliphatic carbocycles. The van der Waals surface area contributed by atoms with Crippen molar-refractivity contribution in [1.29, 1.82) is 0 Å². The quantitative estimate of drug-likeness (QED) is 0.818. The van der Waals surface area contributed by atoms with Crippen molar-refractivity contribution in [3.8, 4) is 0 Å². The van der Waals surface area contributed by atoms with Crippen molar-refractivity contribution in [3.63, 3.8) is 0 Å². The monoisotopic (exact) mass is 393 g/mol. The maximum absolute atomic E-state index is 13.7. The molecule has 2 rings (SSSR count). The van der Waals surface area contributed by atoms with Gasteiger partial charge in [0.2, 0.25) is 19.9 Å².